The first-order valence-electron chi connectivity index (χ1n) is 18.3. The lowest BCUT2D eigenvalue weighted by Gasteiger charge is -2.37. The number of fused-ring (bicyclic) bond motifs is 2. The van der Waals surface area contributed by atoms with E-state index in [1.54, 1.807) is 26.6 Å². The Hall–Kier alpha value is -4.40. The molecular weight excluding hydrogens is 744 g/mol. The molecule has 14 heteroatoms. The lowest BCUT2D eigenvalue weighted by molar-refractivity contribution is -0.160. The van der Waals surface area contributed by atoms with Gasteiger partial charge < -0.3 is 29.7 Å². The Kier molecular flexibility index (Phi) is 12.4. The van der Waals surface area contributed by atoms with Crippen molar-refractivity contribution < 1.29 is 33.8 Å². The minimum Gasteiger partial charge on any atom is -0.455 e. The molecule has 0 saturated carbocycles. The van der Waals surface area contributed by atoms with E-state index in [1.807, 2.05) is 54.6 Å². The molecule has 0 radical (unpaired) electrons. The number of aliphatic hydroxyl groups is 1. The van der Waals surface area contributed by atoms with Gasteiger partial charge in [0.25, 0.3) is 0 Å². The number of esters is 1. The number of alkyl halides is 1. The average molecular weight is 792 g/mol. The van der Waals surface area contributed by atoms with Crippen molar-refractivity contribution in [2.45, 2.75) is 80.3 Å². The van der Waals surface area contributed by atoms with Gasteiger partial charge in [-0.3, -0.25) is 19.2 Å². The minimum atomic E-state index is -1.30. The van der Waals surface area contributed by atoms with Crippen molar-refractivity contribution in [2.24, 2.45) is 11.8 Å². The molecular formula is C39H47BrN6O7. The smallest absolute Gasteiger partial charge is 0.313 e. The van der Waals surface area contributed by atoms with Crippen molar-refractivity contribution in [3.63, 3.8) is 0 Å². The summed E-state index contributed by atoms with van der Waals surface area (Å²) in [6.07, 6.45) is 5.62. The number of benzene rings is 2. The van der Waals surface area contributed by atoms with Crippen LogP contribution in [0.1, 0.15) is 56.6 Å². The number of likely N-dealkylation sites (tertiary alicyclic amines) is 1. The maximum absolute atomic E-state index is 14.9. The second kappa shape index (κ2) is 17.2. The van der Waals surface area contributed by atoms with E-state index < -0.39 is 41.7 Å². The van der Waals surface area contributed by atoms with Crippen LogP contribution in [0.4, 0.5) is 0 Å². The van der Waals surface area contributed by atoms with Gasteiger partial charge in [0.15, 0.2) is 0 Å². The van der Waals surface area contributed by atoms with Crippen molar-refractivity contribution in [2.75, 3.05) is 26.2 Å². The van der Waals surface area contributed by atoms with Crippen LogP contribution in [0, 0.1) is 11.8 Å². The van der Waals surface area contributed by atoms with Gasteiger partial charge in [0.2, 0.25) is 17.7 Å². The van der Waals surface area contributed by atoms with Gasteiger partial charge in [-0.1, -0.05) is 88.6 Å². The number of rotatable bonds is 19. The zero-order valence-electron chi connectivity index (χ0n) is 29.7. The molecule has 282 valence electrons. The molecule has 3 aliphatic heterocycles. The first kappa shape index (κ1) is 38.3. The van der Waals surface area contributed by atoms with E-state index in [0.29, 0.717) is 36.8 Å². The fourth-order valence-corrected chi connectivity index (χ4v) is 8.98. The number of carbonyl (C=O) groups excluding carboxylic acids is 4. The number of carbonyl (C=O) groups is 4. The van der Waals surface area contributed by atoms with Crippen molar-refractivity contribution in [1.82, 2.24) is 30.1 Å². The third-order valence-corrected chi connectivity index (χ3v) is 11.3. The summed E-state index contributed by atoms with van der Waals surface area (Å²) in [5.74, 6) is -3.44. The standard InChI is InChI=1S/C39H47BrN6O7/c1-3-5-19-31(48)41-24-30(26-15-9-8-10-16-26)52-38(51)32-33-36(49)45(21-13-6-7-14-22-47)35(39(33)23-27(40)34(32)53-39)37(50)44(20-4-2)25-46-29-18-12-11-17-28(29)42-43-46/h3-4,8-12,15-18,27,30,32-35,47H,1-2,5-7,13-14,19-25H2,(H,41,48)/t27?,30-,32-,33+,34-,35-,39+/m0/s1. The molecule has 1 spiro atoms. The highest BCUT2D eigenvalue weighted by Crippen LogP contribution is 2.60. The highest BCUT2D eigenvalue weighted by atomic mass is 79.9. The van der Waals surface area contributed by atoms with E-state index in [1.165, 1.54) is 0 Å². The van der Waals surface area contributed by atoms with E-state index in [4.69, 9.17) is 9.47 Å². The molecule has 1 unspecified atom stereocenters. The number of allylic oxidation sites excluding steroid dienone is 1. The number of ether oxygens (including phenoxy) is 2. The number of hydrogen-bond acceptors (Lipinski definition) is 9. The van der Waals surface area contributed by atoms with Crippen LogP contribution in [0.25, 0.3) is 11.0 Å². The molecule has 3 aromatic rings. The molecule has 2 N–H and O–H groups in total. The summed E-state index contributed by atoms with van der Waals surface area (Å²) in [5, 5.41) is 20.7. The highest BCUT2D eigenvalue weighted by molar-refractivity contribution is 9.09. The van der Waals surface area contributed by atoms with Gasteiger partial charge in [-0.05, 0) is 43.4 Å². The molecule has 7 atom stereocenters. The van der Waals surface area contributed by atoms with Crippen LogP contribution in [0.5, 0.6) is 0 Å². The molecule has 2 bridgehead atoms. The van der Waals surface area contributed by atoms with Crippen LogP contribution < -0.4 is 5.32 Å². The van der Waals surface area contributed by atoms with Crippen molar-refractivity contribution in [3.05, 3.63) is 85.5 Å². The fourth-order valence-electron chi connectivity index (χ4n) is 8.04. The second-order valence-electron chi connectivity index (χ2n) is 13.9. The normalized spacial score (nSPS) is 24.9. The summed E-state index contributed by atoms with van der Waals surface area (Å²) >= 11 is 3.75. The fraction of sp³-hybridized carbons (Fsp3) is 0.487. The topological polar surface area (TPSA) is 156 Å². The summed E-state index contributed by atoms with van der Waals surface area (Å²) in [6.45, 7) is 8.20. The zero-order valence-corrected chi connectivity index (χ0v) is 31.3. The first-order valence-corrected chi connectivity index (χ1v) is 19.2. The summed E-state index contributed by atoms with van der Waals surface area (Å²) in [7, 11) is 0. The van der Waals surface area contributed by atoms with Gasteiger partial charge in [0.05, 0.1) is 30.0 Å². The van der Waals surface area contributed by atoms with Crippen LogP contribution in [-0.2, 0) is 35.3 Å². The highest BCUT2D eigenvalue weighted by Gasteiger charge is 2.77. The monoisotopic (exact) mass is 790 g/mol. The van der Waals surface area contributed by atoms with Crippen molar-refractivity contribution in [1.29, 1.82) is 0 Å². The maximum atomic E-state index is 14.9. The van der Waals surface area contributed by atoms with Crippen LogP contribution in [0.2, 0.25) is 0 Å². The van der Waals surface area contributed by atoms with Crippen LogP contribution in [0.15, 0.2) is 79.9 Å². The molecule has 13 nitrogen and oxygen atoms in total. The number of nitrogens with zero attached hydrogens (tertiary/aromatic N) is 5. The SMILES string of the molecule is C=CCCC(=O)NC[C@H](OC(=O)[C@@H]1[C@H]2O[C@@]3(CC2Br)[C@H](C(=O)N(CC=C)Cn2nnc4ccccc42)N(CCCCCCO)C(=O)[C@@H]13)c1ccccc1. The Morgan fingerprint density at radius 1 is 1.09 bits per heavy atom. The third kappa shape index (κ3) is 7.81. The van der Waals surface area contributed by atoms with E-state index in [9.17, 15) is 24.3 Å². The molecule has 2 aromatic carbocycles. The molecule has 3 fully saturated rings. The second-order valence-corrected chi connectivity index (χ2v) is 15.0. The first-order chi connectivity index (χ1) is 25.7. The van der Waals surface area contributed by atoms with E-state index >= 15 is 0 Å². The largest absolute Gasteiger partial charge is 0.455 e. The van der Waals surface area contributed by atoms with Gasteiger partial charge in [-0.15, -0.1) is 18.3 Å². The van der Waals surface area contributed by atoms with Gasteiger partial charge >= 0.3 is 5.97 Å². The Bertz CT molecular complexity index is 1800. The van der Waals surface area contributed by atoms with Crippen LogP contribution in [0.3, 0.4) is 0 Å². The van der Waals surface area contributed by atoms with E-state index in [2.05, 4.69) is 44.7 Å². The van der Waals surface area contributed by atoms with Gasteiger partial charge in [0, 0.05) is 30.9 Å². The third-order valence-electron chi connectivity index (χ3n) is 10.5. The zero-order chi connectivity index (χ0) is 37.5. The summed E-state index contributed by atoms with van der Waals surface area (Å²) in [6, 6.07) is 15.6. The van der Waals surface area contributed by atoms with Crippen molar-refractivity contribution >= 4 is 50.7 Å². The predicted molar refractivity (Wildman–Crippen MR) is 200 cm³/mol. The Balaban J connectivity index is 1.30. The lowest BCUT2D eigenvalue weighted by atomic mass is 9.70. The lowest BCUT2D eigenvalue weighted by Crippen LogP contribution is -2.57. The number of aromatic nitrogens is 3. The number of para-hydroxylation sites is 1. The Morgan fingerprint density at radius 2 is 1.85 bits per heavy atom. The van der Waals surface area contributed by atoms with Crippen LogP contribution >= 0.6 is 15.9 Å². The van der Waals surface area contributed by atoms with Gasteiger partial charge in [-0.25, -0.2) is 4.68 Å². The maximum Gasteiger partial charge on any atom is 0.313 e. The number of hydrogen-bond donors (Lipinski definition) is 2. The van der Waals surface area contributed by atoms with E-state index in [0.717, 1.165) is 18.4 Å². The molecule has 3 saturated heterocycles. The van der Waals surface area contributed by atoms with Crippen LogP contribution in [-0.4, -0.2) is 102 Å². The Morgan fingerprint density at radius 3 is 2.60 bits per heavy atom. The predicted octanol–water partition coefficient (Wildman–Crippen LogP) is 4.07. The minimum absolute atomic E-state index is 0.0417. The number of halogens is 1. The molecule has 3 aliphatic rings. The van der Waals surface area contributed by atoms with Gasteiger partial charge in [-0.2, -0.15) is 0 Å². The van der Waals surface area contributed by atoms with Crippen molar-refractivity contribution in [3.8, 4) is 0 Å². The summed E-state index contributed by atoms with van der Waals surface area (Å²) < 4.78 is 14.6. The molecule has 3 amide bonds. The number of nitrogens with one attached hydrogen (secondary N) is 1. The number of aliphatic hydroxyl groups excluding tert-OH is 1. The molecule has 53 heavy (non-hydrogen) atoms. The average Bonchev–Trinajstić information content (AvgIpc) is 3.89. The summed E-state index contributed by atoms with van der Waals surface area (Å²) in [5.41, 5.74) is 0.825. The molecule has 0 aliphatic carbocycles. The van der Waals surface area contributed by atoms with Gasteiger partial charge in [0.1, 0.15) is 29.9 Å². The molecule has 1 aromatic heterocycles. The summed E-state index contributed by atoms with van der Waals surface area (Å²) in [4.78, 5) is 59.4. The Labute approximate surface area is 317 Å². The molecule has 4 heterocycles. The van der Waals surface area contributed by atoms with E-state index in [-0.39, 0.29) is 61.9 Å². The quantitative estimate of drug-likeness (QED) is 0.0792. The molecule has 6 rings (SSSR count). The number of unbranched alkanes of at least 4 members (excludes halogenated alkanes) is 3. The number of amides is 3.